The largest absolute Gasteiger partial charge is 0.388 e. The van der Waals surface area contributed by atoms with Crippen LogP contribution in [0, 0.1) is 5.92 Å². The molecule has 1 saturated carbocycles. The fourth-order valence-electron chi connectivity index (χ4n) is 2.78. The molecule has 124 valence electrons. The van der Waals surface area contributed by atoms with Crippen LogP contribution in [0.2, 0.25) is 0 Å². The highest BCUT2D eigenvalue weighted by molar-refractivity contribution is 7.13. The van der Waals surface area contributed by atoms with E-state index in [-0.39, 0.29) is 12.6 Å². The average Bonchev–Trinajstić information content (AvgIpc) is 3.19. The minimum Gasteiger partial charge on any atom is -0.388 e. The Morgan fingerprint density at radius 2 is 2.30 bits per heavy atom. The van der Waals surface area contributed by atoms with Crippen LogP contribution in [-0.2, 0) is 0 Å². The summed E-state index contributed by atoms with van der Waals surface area (Å²) in [4.78, 5) is 16.3. The molecule has 4 N–H and O–H groups in total. The van der Waals surface area contributed by atoms with Crippen molar-refractivity contribution in [2.45, 2.75) is 38.2 Å². The molecule has 2 aromatic rings. The first-order valence-electron chi connectivity index (χ1n) is 7.76. The van der Waals surface area contributed by atoms with Crippen LogP contribution in [0.1, 0.15) is 32.6 Å². The second-order valence-corrected chi connectivity index (χ2v) is 7.11. The number of nitrogens with one attached hydrogen (secondary N) is 3. The van der Waals surface area contributed by atoms with Gasteiger partial charge >= 0.3 is 6.03 Å². The lowest BCUT2D eigenvalue weighted by atomic mass is 9.79. The van der Waals surface area contributed by atoms with E-state index in [0.717, 1.165) is 30.7 Å². The van der Waals surface area contributed by atoms with Gasteiger partial charge in [-0.25, -0.2) is 9.78 Å². The number of aliphatic hydroxyl groups is 1. The predicted molar refractivity (Wildman–Crippen MR) is 89.3 cm³/mol. The monoisotopic (exact) mass is 335 g/mol. The Bertz CT molecular complexity index is 647. The first-order valence-corrected chi connectivity index (χ1v) is 8.64. The highest BCUT2D eigenvalue weighted by Crippen LogP contribution is 2.31. The van der Waals surface area contributed by atoms with Crippen molar-refractivity contribution in [2.75, 3.05) is 11.9 Å². The summed E-state index contributed by atoms with van der Waals surface area (Å²) in [5.74, 6) is 0.649. The number of aromatic amines is 1. The summed E-state index contributed by atoms with van der Waals surface area (Å²) in [5.41, 5.74) is 0.459. The molecule has 2 amide bonds. The third-order valence-electron chi connectivity index (χ3n) is 4.32. The third kappa shape index (κ3) is 3.89. The Balaban J connectivity index is 1.55. The molecular formula is C15H21N5O2S. The Hall–Kier alpha value is -1.93. The number of nitrogens with zero attached hydrogens (tertiary/aromatic N) is 2. The number of carbonyl (C=O) groups excluding carboxylic acids is 1. The third-order valence-corrected chi connectivity index (χ3v) is 5.11. The predicted octanol–water partition coefficient (Wildman–Crippen LogP) is 2.60. The van der Waals surface area contributed by atoms with E-state index in [0.29, 0.717) is 17.3 Å². The van der Waals surface area contributed by atoms with Gasteiger partial charge in [0, 0.05) is 18.1 Å². The van der Waals surface area contributed by atoms with Crippen molar-refractivity contribution in [1.29, 1.82) is 0 Å². The lowest BCUT2D eigenvalue weighted by molar-refractivity contribution is -0.00356. The number of hydrogen-bond acceptors (Lipinski definition) is 5. The van der Waals surface area contributed by atoms with E-state index in [4.69, 9.17) is 0 Å². The highest BCUT2D eigenvalue weighted by atomic mass is 32.1. The smallest absolute Gasteiger partial charge is 0.319 e. The van der Waals surface area contributed by atoms with Gasteiger partial charge in [-0.1, -0.05) is 6.92 Å². The van der Waals surface area contributed by atoms with Gasteiger partial charge in [0.1, 0.15) is 10.7 Å². The summed E-state index contributed by atoms with van der Waals surface area (Å²) >= 11 is 1.46. The second-order valence-electron chi connectivity index (χ2n) is 6.21. The standard InChI is InChI=1S/C15H21N5O2S/c1-10-2-4-15(22,5-3-10)9-17-14(21)19-11-8-18-20-12(11)13-16-6-7-23-13/h6-8,10,22H,2-5,9H2,1H3,(H,18,20)(H2,17,19,21). The number of amides is 2. The fraction of sp³-hybridized carbons (Fsp3) is 0.533. The van der Waals surface area contributed by atoms with Gasteiger partial charge in [0.15, 0.2) is 0 Å². The van der Waals surface area contributed by atoms with Gasteiger partial charge in [0.05, 0.1) is 17.5 Å². The molecule has 0 aromatic carbocycles. The van der Waals surface area contributed by atoms with E-state index < -0.39 is 5.60 Å². The molecule has 0 bridgehead atoms. The van der Waals surface area contributed by atoms with Gasteiger partial charge in [-0.15, -0.1) is 11.3 Å². The van der Waals surface area contributed by atoms with E-state index >= 15 is 0 Å². The quantitative estimate of drug-likeness (QED) is 0.689. The average molecular weight is 335 g/mol. The van der Waals surface area contributed by atoms with Crippen LogP contribution in [0.15, 0.2) is 17.8 Å². The van der Waals surface area contributed by atoms with Crippen LogP contribution in [0.25, 0.3) is 10.7 Å². The molecule has 0 radical (unpaired) electrons. The summed E-state index contributed by atoms with van der Waals surface area (Å²) < 4.78 is 0. The number of carbonyl (C=O) groups is 1. The molecule has 0 saturated heterocycles. The van der Waals surface area contributed by atoms with Gasteiger partial charge in [-0.2, -0.15) is 5.10 Å². The topological polar surface area (TPSA) is 103 Å². The first kappa shape index (κ1) is 15.9. The molecule has 0 unspecified atom stereocenters. The van der Waals surface area contributed by atoms with E-state index in [1.54, 1.807) is 12.4 Å². The van der Waals surface area contributed by atoms with Crippen molar-refractivity contribution >= 4 is 23.1 Å². The summed E-state index contributed by atoms with van der Waals surface area (Å²) in [6, 6.07) is -0.351. The van der Waals surface area contributed by atoms with Crippen LogP contribution in [0.4, 0.5) is 10.5 Å². The number of thiazole rings is 1. The van der Waals surface area contributed by atoms with Crippen LogP contribution < -0.4 is 10.6 Å². The molecule has 0 spiro atoms. The second kappa shape index (κ2) is 6.67. The van der Waals surface area contributed by atoms with Crippen molar-refractivity contribution in [3.05, 3.63) is 17.8 Å². The maximum Gasteiger partial charge on any atom is 0.319 e. The molecule has 2 heterocycles. The van der Waals surface area contributed by atoms with E-state index in [1.165, 1.54) is 11.3 Å². The highest BCUT2D eigenvalue weighted by Gasteiger charge is 2.32. The molecule has 3 rings (SSSR count). The van der Waals surface area contributed by atoms with Crippen molar-refractivity contribution in [3.8, 4) is 10.7 Å². The minimum atomic E-state index is -0.793. The molecule has 1 aliphatic carbocycles. The summed E-state index contributed by atoms with van der Waals surface area (Å²) in [7, 11) is 0. The van der Waals surface area contributed by atoms with Gasteiger partial charge in [-0.3, -0.25) is 5.10 Å². The zero-order valence-electron chi connectivity index (χ0n) is 13.0. The van der Waals surface area contributed by atoms with E-state index in [9.17, 15) is 9.90 Å². The van der Waals surface area contributed by atoms with E-state index in [2.05, 4.69) is 32.7 Å². The number of aromatic nitrogens is 3. The van der Waals surface area contributed by atoms with E-state index in [1.807, 2.05) is 5.38 Å². The molecule has 0 aliphatic heterocycles. The van der Waals surface area contributed by atoms with Gasteiger partial charge in [-0.05, 0) is 31.6 Å². The number of H-pyrrole nitrogens is 1. The summed E-state index contributed by atoms with van der Waals surface area (Å²) in [5, 5.41) is 25.4. The molecular weight excluding hydrogens is 314 g/mol. The fourth-order valence-corrected chi connectivity index (χ4v) is 3.42. The molecule has 23 heavy (non-hydrogen) atoms. The number of anilines is 1. The normalized spacial score (nSPS) is 24.3. The summed E-state index contributed by atoms with van der Waals surface area (Å²) in [6.45, 7) is 2.45. The molecule has 2 aromatic heterocycles. The zero-order chi connectivity index (χ0) is 16.3. The lowest BCUT2D eigenvalue weighted by Gasteiger charge is -2.34. The minimum absolute atomic E-state index is 0.260. The van der Waals surface area contributed by atoms with Gasteiger partial charge in [0.25, 0.3) is 0 Å². The Morgan fingerprint density at radius 3 is 3.00 bits per heavy atom. The first-order chi connectivity index (χ1) is 11.1. The molecule has 1 aliphatic rings. The van der Waals surface area contributed by atoms with Crippen molar-refractivity contribution in [3.63, 3.8) is 0 Å². The summed E-state index contributed by atoms with van der Waals surface area (Å²) in [6.07, 6.45) is 6.69. The number of hydrogen-bond donors (Lipinski definition) is 4. The van der Waals surface area contributed by atoms with Crippen molar-refractivity contribution in [1.82, 2.24) is 20.5 Å². The molecule has 0 atom stereocenters. The van der Waals surface area contributed by atoms with Crippen molar-refractivity contribution in [2.24, 2.45) is 5.92 Å². The molecule has 1 fully saturated rings. The molecule has 8 heteroatoms. The SMILES string of the molecule is CC1CCC(O)(CNC(=O)Nc2cn[nH]c2-c2nccs2)CC1. The number of rotatable bonds is 4. The van der Waals surface area contributed by atoms with Gasteiger partial charge < -0.3 is 15.7 Å². The maximum absolute atomic E-state index is 12.1. The Kier molecular flexibility index (Phi) is 4.63. The Morgan fingerprint density at radius 1 is 1.52 bits per heavy atom. The van der Waals surface area contributed by atoms with Gasteiger partial charge in [0.2, 0.25) is 0 Å². The lowest BCUT2D eigenvalue weighted by Crippen LogP contribution is -2.46. The van der Waals surface area contributed by atoms with Crippen LogP contribution >= 0.6 is 11.3 Å². The Labute approximate surface area is 138 Å². The van der Waals surface area contributed by atoms with Crippen LogP contribution in [0.3, 0.4) is 0 Å². The zero-order valence-corrected chi connectivity index (χ0v) is 13.8. The van der Waals surface area contributed by atoms with Crippen molar-refractivity contribution < 1.29 is 9.90 Å². The number of urea groups is 1. The van der Waals surface area contributed by atoms with Crippen LogP contribution in [0.5, 0.6) is 0 Å². The molecule has 7 nitrogen and oxygen atoms in total. The maximum atomic E-state index is 12.1. The van der Waals surface area contributed by atoms with Crippen LogP contribution in [-0.4, -0.2) is 38.5 Å².